The second-order valence-corrected chi connectivity index (χ2v) is 12.1. The van der Waals surface area contributed by atoms with Crippen molar-refractivity contribution in [3.05, 3.63) is 29.8 Å². The van der Waals surface area contributed by atoms with Crippen LogP contribution in [0.4, 0.5) is 0 Å². The molecular formula is C25H41N2O10P. The van der Waals surface area contributed by atoms with Crippen molar-refractivity contribution in [3.8, 4) is 5.75 Å². The molecule has 4 rings (SSSR count). The average molecular weight is 561 g/mol. The number of aliphatic hydroxyl groups excluding tert-OH is 2. The number of aliphatic hydroxyl groups is 4. The van der Waals surface area contributed by atoms with Gasteiger partial charge in [-0.3, -0.25) is 0 Å². The Morgan fingerprint density at radius 3 is 2.39 bits per heavy atom. The molecule has 38 heavy (non-hydrogen) atoms. The Morgan fingerprint density at radius 1 is 1.11 bits per heavy atom. The van der Waals surface area contributed by atoms with E-state index in [2.05, 4.69) is 16.9 Å². The van der Waals surface area contributed by atoms with Gasteiger partial charge in [0.2, 0.25) is 12.1 Å². The Hall–Kier alpha value is -1.12. The summed E-state index contributed by atoms with van der Waals surface area (Å²) in [5.74, 6) is -2.41. The molecule has 8 N–H and O–H groups in total. The highest BCUT2D eigenvalue weighted by Crippen LogP contribution is 2.47. The predicted molar refractivity (Wildman–Crippen MR) is 139 cm³/mol. The van der Waals surface area contributed by atoms with Crippen LogP contribution < -0.4 is 15.2 Å². The van der Waals surface area contributed by atoms with Gasteiger partial charge in [-0.05, 0) is 57.4 Å². The molecule has 0 aromatic heterocycles. The summed E-state index contributed by atoms with van der Waals surface area (Å²) in [6, 6.07) is 6.14. The van der Waals surface area contributed by atoms with Crippen molar-refractivity contribution in [2.75, 3.05) is 20.1 Å². The molecule has 3 fully saturated rings. The lowest BCUT2D eigenvalue weighted by Gasteiger charge is -2.60. The molecule has 0 unspecified atom stereocenters. The van der Waals surface area contributed by atoms with E-state index in [0.717, 1.165) is 5.56 Å². The summed E-state index contributed by atoms with van der Waals surface area (Å²) in [7, 11) is -1.97. The van der Waals surface area contributed by atoms with Gasteiger partial charge < -0.3 is 59.6 Å². The number of ether oxygens (including phenoxy) is 3. The van der Waals surface area contributed by atoms with Gasteiger partial charge in [-0.15, -0.1) is 0 Å². The summed E-state index contributed by atoms with van der Waals surface area (Å²) < 4.78 is 23.0. The fourth-order valence-corrected chi connectivity index (χ4v) is 6.33. The fraction of sp³-hybridized carbons (Fsp3) is 0.720. The molecule has 12 nitrogen and oxygen atoms in total. The quantitative estimate of drug-likeness (QED) is 0.137. The number of nitrogens with one attached hydrogen (secondary N) is 2. The van der Waals surface area contributed by atoms with E-state index in [-0.39, 0.29) is 13.0 Å². The topological polar surface area (TPSA) is 182 Å². The highest BCUT2D eigenvalue weighted by molar-refractivity contribution is 7.58. The third kappa shape index (κ3) is 5.83. The van der Waals surface area contributed by atoms with Gasteiger partial charge in [0, 0.05) is 18.9 Å². The zero-order valence-electron chi connectivity index (χ0n) is 21.9. The fourth-order valence-electron chi connectivity index (χ4n) is 5.87. The number of benzene rings is 1. The minimum absolute atomic E-state index is 0.0356. The summed E-state index contributed by atoms with van der Waals surface area (Å²) in [4.78, 5) is 18.7. The van der Waals surface area contributed by atoms with E-state index in [1.807, 2.05) is 6.92 Å². The lowest BCUT2D eigenvalue weighted by Crippen LogP contribution is -2.80. The summed E-state index contributed by atoms with van der Waals surface area (Å²) in [5, 5.41) is 51.4. The monoisotopic (exact) mass is 560 g/mol. The number of fused-ring (bicyclic) bond motifs is 2. The maximum absolute atomic E-state index is 11.7. The van der Waals surface area contributed by atoms with Gasteiger partial charge in [0.05, 0.1) is 24.4 Å². The minimum atomic E-state index is -3.63. The smallest absolute Gasteiger partial charge is 0.297 e. The number of likely N-dealkylation sites (N-methyl/N-ethyl adjacent to an activating group) is 1. The number of hydrogen-bond donors (Lipinski definition) is 8. The molecule has 13 heteroatoms. The highest BCUT2D eigenvalue weighted by atomic mass is 31.2. The molecule has 0 bridgehead atoms. The van der Waals surface area contributed by atoms with Crippen LogP contribution in [0.1, 0.15) is 32.3 Å². The van der Waals surface area contributed by atoms with Gasteiger partial charge in [0.25, 0.3) is 7.57 Å². The summed E-state index contributed by atoms with van der Waals surface area (Å²) >= 11 is 0. The maximum Gasteiger partial charge on any atom is 0.297 e. The average Bonchev–Trinajstić information content (AvgIpc) is 2.83. The molecule has 2 saturated heterocycles. The third-order valence-corrected chi connectivity index (χ3v) is 8.31. The maximum atomic E-state index is 11.7. The van der Waals surface area contributed by atoms with Gasteiger partial charge >= 0.3 is 0 Å². The highest BCUT2D eigenvalue weighted by Gasteiger charge is 2.68. The summed E-state index contributed by atoms with van der Waals surface area (Å²) in [6.45, 7) is 4.05. The van der Waals surface area contributed by atoms with Crippen molar-refractivity contribution in [2.24, 2.45) is 5.92 Å². The van der Waals surface area contributed by atoms with Crippen LogP contribution in [-0.2, 0) is 20.6 Å². The first-order valence-electron chi connectivity index (χ1n) is 13.0. The largest absolute Gasteiger partial charge is 0.432 e. The van der Waals surface area contributed by atoms with E-state index >= 15 is 0 Å². The van der Waals surface area contributed by atoms with E-state index in [1.54, 1.807) is 38.2 Å². The number of rotatable bonds is 9. The van der Waals surface area contributed by atoms with Crippen LogP contribution >= 0.6 is 7.57 Å². The van der Waals surface area contributed by atoms with Crippen LogP contribution in [0.3, 0.4) is 0 Å². The van der Waals surface area contributed by atoms with Gasteiger partial charge in [0.15, 0.2) is 0 Å². The minimum Gasteiger partial charge on any atom is -0.432 e. The number of hydrogen-bond acceptors (Lipinski definition) is 12. The van der Waals surface area contributed by atoms with Crippen molar-refractivity contribution in [1.82, 2.24) is 10.6 Å². The molecule has 216 valence electrons. The van der Waals surface area contributed by atoms with Crippen LogP contribution in [0.25, 0.3) is 0 Å². The van der Waals surface area contributed by atoms with Crippen LogP contribution in [0, 0.1) is 5.92 Å². The molecule has 0 radical (unpaired) electrons. The first kappa shape index (κ1) is 29.9. The standard InChI is InChI=1S/C25H41N2O10P/c1-5-17-19(28)18(26-3)21-22(20(17)29)35-23-25(31,36-21)24(30,12-14(2)34-23)13-27-11-10-15-6-8-16(9-7-15)37-38(4,32)33/h6-9,14,17-23,26-33H,4-5,10-13H2,1-3H3/t14-,17-,18+,19+,20+,21-,22-,23+,24-,25-/m1/s1. The van der Waals surface area contributed by atoms with Gasteiger partial charge in [-0.2, -0.15) is 0 Å². The molecule has 3 aliphatic rings. The summed E-state index contributed by atoms with van der Waals surface area (Å²) in [6.07, 6.45) is -1.26. The van der Waals surface area contributed by atoms with Crippen molar-refractivity contribution >= 4 is 13.9 Å². The molecule has 0 amide bonds. The first-order valence-corrected chi connectivity index (χ1v) is 14.8. The van der Waals surface area contributed by atoms with Crippen molar-refractivity contribution in [2.45, 2.75) is 87.3 Å². The van der Waals surface area contributed by atoms with Crippen molar-refractivity contribution < 1.29 is 48.9 Å². The Labute approximate surface area is 222 Å². The van der Waals surface area contributed by atoms with Gasteiger partial charge in [-0.1, -0.05) is 19.1 Å². The second kappa shape index (κ2) is 11.4. The lowest BCUT2D eigenvalue weighted by atomic mass is 9.74. The summed E-state index contributed by atoms with van der Waals surface area (Å²) in [5.41, 5.74) is -0.859. The Bertz CT molecular complexity index is 995. The van der Waals surface area contributed by atoms with E-state index in [0.29, 0.717) is 25.1 Å². The molecule has 1 aliphatic carbocycles. The zero-order valence-corrected chi connectivity index (χ0v) is 22.8. The molecule has 2 aliphatic heterocycles. The SMILES string of the molecule is C=P(O)(O)Oc1ccc(CCNC[C@]2(O)C[C@@H](C)O[C@H]3O[C@@H]4[C@@H](O)[C@H](CC)[C@H](O)[C@H](NC)[C@H]4O[C@]32O)cc1. The molecule has 1 saturated carbocycles. The molecule has 10 atom stereocenters. The van der Waals surface area contributed by atoms with E-state index in [9.17, 15) is 30.2 Å². The Balaban J connectivity index is 1.44. The van der Waals surface area contributed by atoms with Crippen LogP contribution in [-0.4, -0.2) is 111 Å². The van der Waals surface area contributed by atoms with Gasteiger partial charge in [-0.25, -0.2) is 0 Å². The normalized spacial score (nSPS) is 41.3. The van der Waals surface area contributed by atoms with Crippen molar-refractivity contribution in [3.63, 3.8) is 0 Å². The first-order chi connectivity index (χ1) is 17.8. The van der Waals surface area contributed by atoms with Crippen LogP contribution in [0.5, 0.6) is 5.75 Å². The molecule has 2 heterocycles. The molecule has 1 aromatic carbocycles. The van der Waals surface area contributed by atoms with Crippen molar-refractivity contribution in [1.29, 1.82) is 0 Å². The molecule has 1 aromatic rings. The predicted octanol–water partition coefficient (Wildman–Crippen LogP) is -0.935. The second-order valence-electron chi connectivity index (χ2n) is 10.6. The van der Waals surface area contributed by atoms with Crippen LogP contribution in [0.2, 0.25) is 0 Å². The van der Waals surface area contributed by atoms with E-state index < -0.39 is 67.7 Å². The van der Waals surface area contributed by atoms with Crippen LogP contribution in [0.15, 0.2) is 24.3 Å². The zero-order chi connectivity index (χ0) is 27.9. The Kier molecular flexibility index (Phi) is 8.96. The van der Waals surface area contributed by atoms with E-state index in [4.69, 9.17) is 18.7 Å². The molecular weight excluding hydrogens is 519 g/mol. The Morgan fingerprint density at radius 2 is 1.79 bits per heavy atom. The lowest BCUT2D eigenvalue weighted by molar-refractivity contribution is -0.483. The third-order valence-electron chi connectivity index (χ3n) is 7.81. The van der Waals surface area contributed by atoms with Gasteiger partial charge in [0.1, 0.15) is 23.6 Å². The molecule has 0 spiro atoms. The van der Waals surface area contributed by atoms with E-state index in [1.165, 1.54) is 0 Å².